The molecule has 0 aliphatic carbocycles. The van der Waals surface area contributed by atoms with Crippen molar-refractivity contribution in [3.05, 3.63) is 65.2 Å². The molecular formula is C15H14F2N2O2. The van der Waals surface area contributed by atoms with Crippen molar-refractivity contribution in [2.24, 2.45) is 5.84 Å². The van der Waals surface area contributed by atoms with Gasteiger partial charge >= 0.3 is 0 Å². The van der Waals surface area contributed by atoms with Gasteiger partial charge in [0.2, 0.25) is 5.91 Å². The van der Waals surface area contributed by atoms with Crippen LogP contribution < -0.4 is 16.0 Å². The van der Waals surface area contributed by atoms with Crippen LogP contribution in [-0.4, -0.2) is 5.91 Å². The molecule has 0 fully saturated rings. The minimum atomic E-state index is -0.645. The molecule has 4 nitrogen and oxygen atoms in total. The number of amides is 1. The molecule has 1 amide bonds. The van der Waals surface area contributed by atoms with Crippen molar-refractivity contribution in [2.75, 3.05) is 0 Å². The fraction of sp³-hybridized carbons (Fsp3) is 0.133. The van der Waals surface area contributed by atoms with Crippen LogP contribution in [0.5, 0.6) is 5.75 Å². The Labute approximate surface area is 120 Å². The summed E-state index contributed by atoms with van der Waals surface area (Å²) in [5.41, 5.74) is 3.45. The van der Waals surface area contributed by atoms with Gasteiger partial charge in [-0.1, -0.05) is 24.3 Å². The summed E-state index contributed by atoms with van der Waals surface area (Å²) < 4.78 is 31.8. The zero-order valence-corrected chi connectivity index (χ0v) is 11.1. The van der Waals surface area contributed by atoms with Crippen LogP contribution in [0.2, 0.25) is 0 Å². The average Bonchev–Trinajstić information content (AvgIpc) is 2.49. The first-order valence-electron chi connectivity index (χ1n) is 6.24. The highest BCUT2D eigenvalue weighted by Crippen LogP contribution is 2.20. The molecule has 0 atom stereocenters. The van der Waals surface area contributed by atoms with Gasteiger partial charge in [0.05, 0.1) is 6.42 Å². The molecule has 0 heterocycles. The summed E-state index contributed by atoms with van der Waals surface area (Å²) >= 11 is 0. The largest absolute Gasteiger partial charge is 0.486 e. The van der Waals surface area contributed by atoms with Crippen LogP contribution >= 0.6 is 0 Å². The Balaban J connectivity index is 2.13. The Hall–Kier alpha value is -2.47. The lowest BCUT2D eigenvalue weighted by atomic mass is 10.1. The molecule has 0 aliphatic rings. The van der Waals surface area contributed by atoms with E-state index in [1.54, 1.807) is 24.3 Å². The Bertz CT molecular complexity index is 647. The summed E-state index contributed by atoms with van der Waals surface area (Å²) in [5, 5.41) is 0. The predicted molar refractivity (Wildman–Crippen MR) is 73.2 cm³/mol. The van der Waals surface area contributed by atoms with Crippen molar-refractivity contribution < 1.29 is 18.3 Å². The second kappa shape index (κ2) is 6.81. The number of hydrazine groups is 1. The lowest BCUT2D eigenvalue weighted by Gasteiger charge is -2.11. The van der Waals surface area contributed by atoms with Crippen molar-refractivity contribution in [1.82, 2.24) is 5.43 Å². The molecule has 2 rings (SSSR count). The number of nitrogens with one attached hydrogen (secondary N) is 1. The molecule has 0 aromatic heterocycles. The van der Waals surface area contributed by atoms with E-state index in [0.29, 0.717) is 11.1 Å². The van der Waals surface area contributed by atoms with Gasteiger partial charge < -0.3 is 4.74 Å². The monoisotopic (exact) mass is 292 g/mol. The number of benzene rings is 2. The van der Waals surface area contributed by atoms with Crippen LogP contribution in [0.1, 0.15) is 11.1 Å². The maximum atomic E-state index is 13.5. The topological polar surface area (TPSA) is 64.3 Å². The number of halogens is 2. The average molecular weight is 292 g/mol. The third kappa shape index (κ3) is 4.00. The van der Waals surface area contributed by atoms with E-state index in [4.69, 9.17) is 10.6 Å². The zero-order valence-electron chi connectivity index (χ0n) is 11.1. The number of carbonyl (C=O) groups is 1. The second-order valence-corrected chi connectivity index (χ2v) is 4.38. The molecule has 3 N–H and O–H groups in total. The second-order valence-electron chi connectivity index (χ2n) is 4.38. The molecule has 2 aromatic rings. The van der Waals surface area contributed by atoms with Gasteiger partial charge in [0.25, 0.3) is 0 Å². The normalized spacial score (nSPS) is 10.2. The molecule has 0 aliphatic heterocycles. The smallest absolute Gasteiger partial charge is 0.238 e. The molecule has 110 valence electrons. The van der Waals surface area contributed by atoms with Crippen LogP contribution in [0.4, 0.5) is 8.78 Å². The van der Waals surface area contributed by atoms with E-state index < -0.39 is 11.6 Å². The lowest BCUT2D eigenvalue weighted by molar-refractivity contribution is -0.120. The van der Waals surface area contributed by atoms with Crippen LogP contribution in [-0.2, 0) is 17.8 Å². The standard InChI is InChI=1S/C15H14F2N2O2/c16-12-5-6-13(17)14(8-12)21-9-11-4-2-1-3-10(11)7-15(20)19-18/h1-6,8H,7,9,18H2,(H,19,20). The third-order valence-corrected chi connectivity index (χ3v) is 2.91. The SMILES string of the molecule is NNC(=O)Cc1ccccc1COc1cc(F)ccc1F. The number of ether oxygens (including phenoxy) is 1. The Kier molecular flexibility index (Phi) is 4.84. The van der Waals surface area contributed by atoms with Crippen molar-refractivity contribution in [3.8, 4) is 5.75 Å². The van der Waals surface area contributed by atoms with Crippen LogP contribution in [0.3, 0.4) is 0 Å². The van der Waals surface area contributed by atoms with E-state index in [1.165, 1.54) is 0 Å². The number of nitrogens with two attached hydrogens (primary N) is 1. The lowest BCUT2D eigenvalue weighted by Crippen LogP contribution is -2.31. The summed E-state index contributed by atoms with van der Waals surface area (Å²) in [6.07, 6.45) is 0.0850. The third-order valence-electron chi connectivity index (χ3n) is 2.91. The van der Waals surface area contributed by atoms with Gasteiger partial charge in [-0.05, 0) is 23.3 Å². The van der Waals surface area contributed by atoms with E-state index >= 15 is 0 Å². The van der Waals surface area contributed by atoms with E-state index in [2.05, 4.69) is 0 Å². The summed E-state index contributed by atoms with van der Waals surface area (Å²) in [5.74, 6) is 3.30. The minimum Gasteiger partial charge on any atom is -0.486 e. The van der Waals surface area contributed by atoms with Gasteiger partial charge in [-0.3, -0.25) is 10.2 Å². The molecule has 0 saturated carbocycles. The van der Waals surface area contributed by atoms with Gasteiger partial charge in [-0.2, -0.15) is 0 Å². The highest BCUT2D eigenvalue weighted by molar-refractivity contribution is 5.78. The molecule has 2 aromatic carbocycles. The van der Waals surface area contributed by atoms with Crippen LogP contribution in [0.25, 0.3) is 0 Å². The Morgan fingerprint density at radius 3 is 2.57 bits per heavy atom. The number of hydrogen-bond donors (Lipinski definition) is 2. The molecule has 0 unspecified atom stereocenters. The molecular weight excluding hydrogens is 278 g/mol. The quantitative estimate of drug-likeness (QED) is 0.504. The van der Waals surface area contributed by atoms with Crippen molar-refractivity contribution >= 4 is 5.91 Å². The summed E-state index contributed by atoms with van der Waals surface area (Å²) in [6, 6.07) is 10.0. The van der Waals surface area contributed by atoms with Crippen molar-refractivity contribution in [3.63, 3.8) is 0 Å². The fourth-order valence-corrected chi connectivity index (χ4v) is 1.84. The summed E-state index contributed by atoms with van der Waals surface area (Å²) in [4.78, 5) is 11.3. The number of hydrogen-bond acceptors (Lipinski definition) is 3. The first-order chi connectivity index (χ1) is 10.1. The highest BCUT2D eigenvalue weighted by Gasteiger charge is 2.09. The van der Waals surface area contributed by atoms with E-state index in [-0.39, 0.29) is 24.7 Å². The molecule has 0 saturated heterocycles. The molecule has 21 heavy (non-hydrogen) atoms. The molecule has 0 spiro atoms. The van der Waals surface area contributed by atoms with Gasteiger partial charge in [0.1, 0.15) is 12.4 Å². The van der Waals surface area contributed by atoms with Gasteiger partial charge in [-0.15, -0.1) is 0 Å². The fourth-order valence-electron chi connectivity index (χ4n) is 1.84. The molecule has 0 radical (unpaired) electrons. The van der Waals surface area contributed by atoms with E-state index in [9.17, 15) is 13.6 Å². The zero-order chi connectivity index (χ0) is 15.2. The van der Waals surface area contributed by atoms with Gasteiger partial charge in [-0.25, -0.2) is 14.6 Å². The minimum absolute atomic E-state index is 0.0222. The number of rotatable bonds is 5. The number of carbonyl (C=O) groups excluding carboxylic acids is 1. The molecule has 6 heteroatoms. The maximum absolute atomic E-state index is 13.5. The van der Waals surface area contributed by atoms with E-state index in [0.717, 1.165) is 18.2 Å². The highest BCUT2D eigenvalue weighted by atomic mass is 19.1. The Morgan fingerprint density at radius 1 is 1.14 bits per heavy atom. The van der Waals surface area contributed by atoms with E-state index in [1.807, 2.05) is 5.43 Å². The van der Waals surface area contributed by atoms with Crippen molar-refractivity contribution in [1.29, 1.82) is 0 Å². The van der Waals surface area contributed by atoms with Crippen LogP contribution in [0, 0.1) is 11.6 Å². The maximum Gasteiger partial charge on any atom is 0.238 e. The van der Waals surface area contributed by atoms with Gasteiger partial charge in [0.15, 0.2) is 11.6 Å². The Morgan fingerprint density at radius 2 is 1.86 bits per heavy atom. The predicted octanol–water partition coefficient (Wildman–Crippen LogP) is 2.08. The summed E-state index contributed by atoms with van der Waals surface area (Å²) in [7, 11) is 0. The summed E-state index contributed by atoms with van der Waals surface area (Å²) in [6.45, 7) is 0.0222. The van der Waals surface area contributed by atoms with Gasteiger partial charge in [0, 0.05) is 6.07 Å². The van der Waals surface area contributed by atoms with Crippen LogP contribution in [0.15, 0.2) is 42.5 Å². The molecule has 0 bridgehead atoms. The van der Waals surface area contributed by atoms with Crippen molar-refractivity contribution in [2.45, 2.75) is 13.0 Å². The first kappa shape index (κ1) is 14.9. The first-order valence-corrected chi connectivity index (χ1v) is 6.24.